The number of anilines is 1. The number of rotatable bonds is 6. The van der Waals surface area contributed by atoms with Crippen LogP contribution in [-0.4, -0.2) is 47.0 Å². The van der Waals surface area contributed by atoms with E-state index in [1.165, 1.54) is 0 Å². The fourth-order valence-corrected chi connectivity index (χ4v) is 4.18. The van der Waals surface area contributed by atoms with Crippen LogP contribution in [0.4, 0.5) is 11.4 Å². The Kier molecular flexibility index (Phi) is 6.36. The number of benzene rings is 2. The molecule has 2 aromatic carbocycles. The third-order valence-electron chi connectivity index (χ3n) is 6.06. The molecule has 178 valence electrons. The van der Waals surface area contributed by atoms with Crippen molar-refractivity contribution in [3.8, 4) is 11.1 Å². The lowest BCUT2D eigenvalue weighted by atomic mass is 10.0. The Morgan fingerprint density at radius 3 is 2.50 bits per heavy atom. The molecule has 0 bridgehead atoms. The summed E-state index contributed by atoms with van der Waals surface area (Å²) in [6.07, 6.45) is 8.32. The van der Waals surface area contributed by atoms with Crippen LogP contribution < -0.4 is 5.32 Å². The van der Waals surface area contributed by atoms with Crippen molar-refractivity contribution in [1.82, 2.24) is 14.9 Å². The van der Waals surface area contributed by atoms with Crippen molar-refractivity contribution in [3.05, 3.63) is 107 Å². The molecule has 4 aromatic rings. The van der Waals surface area contributed by atoms with Gasteiger partial charge in [-0.25, -0.2) is 0 Å². The number of pyridine rings is 2. The van der Waals surface area contributed by atoms with Gasteiger partial charge in [-0.05, 0) is 53.1 Å². The first-order chi connectivity index (χ1) is 17.5. The second kappa shape index (κ2) is 9.92. The van der Waals surface area contributed by atoms with Gasteiger partial charge in [0.1, 0.15) is 0 Å². The highest BCUT2D eigenvalue weighted by atomic mass is 16.2. The normalized spacial score (nSPS) is 11.7. The number of amides is 2. The predicted octanol–water partition coefficient (Wildman–Crippen LogP) is 4.95. The van der Waals surface area contributed by atoms with Gasteiger partial charge >= 0.3 is 0 Å². The van der Waals surface area contributed by atoms with Crippen LogP contribution in [0.3, 0.4) is 0 Å². The molecular formula is C29H25N5O2. The summed E-state index contributed by atoms with van der Waals surface area (Å²) in [7, 11) is 3.48. The minimum Gasteiger partial charge on any atom is -0.345 e. The van der Waals surface area contributed by atoms with Crippen molar-refractivity contribution in [3.63, 3.8) is 0 Å². The Hall–Kier alpha value is -4.65. The number of hydrogen-bond donors (Lipinski definition) is 1. The van der Waals surface area contributed by atoms with Gasteiger partial charge in [0.2, 0.25) is 0 Å². The molecule has 7 heteroatoms. The summed E-state index contributed by atoms with van der Waals surface area (Å²) in [6, 6.07) is 19.0. The highest BCUT2D eigenvalue weighted by Gasteiger charge is 2.17. The summed E-state index contributed by atoms with van der Waals surface area (Å²) < 4.78 is 0. The molecule has 1 N–H and O–H groups in total. The van der Waals surface area contributed by atoms with E-state index in [2.05, 4.69) is 20.3 Å². The lowest BCUT2D eigenvalue weighted by Crippen LogP contribution is -2.21. The van der Waals surface area contributed by atoms with Crippen molar-refractivity contribution in [2.45, 2.75) is 12.8 Å². The molecule has 36 heavy (non-hydrogen) atoms. The first kappa shape index (κ1) is 23.1. The van der Waals surface area contributed by atoms with Gasteiger partial charge in [0, 0.05) is 67.9 Å². The van der Waals surface area contributed by atoms with Crippen molar-refractivity contribution in [2.24, 2.45) is 4.99 Å². The minimum absolute atomic E-state index is 0.0243. The molecule has 1 aliphatic rings. The van der Waals surface area contributed by atoms with Gasteiger partial charge < -0.3 is 10.2 Å². The van der Waals surface area contributed by atoms with Crippen LogP contribution in [0.25, 0.3) is 11.1 Å². The van der Waals surface area contributed by atoms with E-state index in [4.69, 9.17) is 0 Å². The van der Waals surface area contributed by atoms with Crippen LogP contribution in [0, 0.1) is 0 Å². The largest absolute Gasteiger partial charge is 0.345 e. The molecule has 0 atom stereocenters. The van der Waals surface area contributed by atoms with Gasteiger partial charge in [-0.2, -0.15) is 0 Å². The molecule has 0 spiro atoms. The summed E-state index contributed by atoms with van der Waals surface area (Å²) in [4.78, 5) is 39.8. The highest BCUT2D eigenvalue weighted by molar-refractivity contribution is 6.07. The van der Waals surface area contributed by atoms with E-state index in [1.807, 2.05) is 73.1 Å². The minimum atomic E-state index is -0.169. The Labute approximate surface area is 209 Å². The van der Waals surface area contributed by atoms with E-state index in [-0.39, 0.29) is 11.8 Å². The van der Waals surface area contributed by atoms with Gasteiger partial charge in [-0.3, -0.25) is 24.5 Å². The van der Waals surface area contributed by atoms with Gasteiger partial charge in [-0.1, -0.05) is 24.3 Å². The second-order valence-electron chi connectivity index (χ2n) is 8.85. The number of aliphatic imine (C=N–C) groups is 1. The monoisotopic (exact) mass is 475 g/mol. The predicted molar refractivity (Wildman–Crippen MR) is 141 cm³/mol. The number of carbonyl (C=O) groups excluding carboxylic acids is 2. The van der Waals surface area contributed by atoms with Crippen molar-refractivity contribution in [2.75, 3.05) is 19.4 Å². The van der Waals surface area contributed by atoms with Crippen LogP contribution in [0.5, 0.6) is 0 Å². The number of fused-ring (bicyclic) bond motifs is 1. The van der Waals surface area contributed by atoms with Crippen LogP contribution in [0.1, 0.15) is 37.5 Å². The summed E-state index contributed by atoms with van der Waals surface area (Å²) in [5, 5.41) is 2.96. The molecule has 3 heterocycles. The van der Waals surface area contributed by atoms with Crippen LogP contribution in [-0.2, 0) is 12.8 Å². The summed E-state index contributed by atoms with van der Waals surface area (Å²) in [6.45, 7) is 0. The SMILES string of the molecule is CN(C)C(=O)c1ccc(-c2ccc(Cc3cncc(NC(=O)c4cccc5c4CC=N5)c3)nc2)cc1. The topological polar surface area (TPSA) is 87.5 Å². The van der Waals surface area contributed by atoms with Crippen LogP contribution in [0.15, 0.2) is 84.2 Å². The number of carbonyl (C=O) groups is 2. The summed E-state index contributed by atoms with van der Waals surface area (Å²) in [5.41, 5.74) is 7.52. The standard InChI is InChI=1S/C29H25N5O2/c1-34(2)29(36)21-8-6-20(7-9-21)22-10-11-23(32-17-22)14-19-15-24(18-30-16-19)33-28(35)26-4-3-5-27-25(26)12-13-31-27/h3-11,13,15-18H,12,14H2,1-2H3,(H,33,35). The molecule has 1 aliphatic heterocycles. The summed E-state index contributed by atoms with van der Waals surface area (Å²) in [5.74, 6) is -0.194. The Morgan fingerprint density at radius 2 is 1.75 bits per heavy atom. The van der Waals surface area contributed by atoms with E-state index in [9.17, 15) is 9.59 Å². The first-order valence-corrected chi connectivity index (χ1v) is 11.6. The number of nitrogens with one attached hydrogen (secondary N) is 1. The zero-order chi connectivity index (χ0) is 25.1. The lowest BCUT2D eigenvalue weighted by molar-refractivity contribution is 0.0827. The average Bonchev–Trinajstić information content (AvgIpc) is 3.38. The van der Waals surface area contributed by atoms with E-state index < -0.39 is 0 Å². The van der Waals surface area contributed by atoms with Gasteiger partial charge in [0.25, 0.3) is 11.8 Å². The van der Waals surface area contributed by atoms with E-state index in [0.29, 0.717) is 29.7 Å². The molecule has 0 fully saturated rings. The Morgan fingerprint density at radius 1 is 0.944 bits per heavy atom. The lowest BCUT2D eigenvalue weighted by Gasteiger charge is -2.11. The maximum Gasteiger partial charge on any atom is 0.256 e. The molecule has 0 saturated carbocycles. The highest BCUT2D eigenvalue weighted by Crippen LogP contribution is 2.28. The van der Waals surface area contributed by atoms with Gasteiger partial charge in [0.15, 0.2) is 0 Å². The van der Waals surface area contributed by atoms with Gasteiger partial charge in [0.05, 0.1) is 17.6 Å². The quantitative estimate of drug-likeness (QED) is 0.428. The molecule has 7 nitrogen and oxygen atoms in total. The molecule has 0 unspecified atom stereocenters. The Balaban J connectivity index is 1.26. The molecule has 0 saturated heterocycles. The van der Waals surface area contributed by atoms with Crippen LogP contribution in [0.2, 0.25) is 0 Å². The summed E-state index contributed by atoms with van der Waals surface area (Å²) >= 11 is 0. The third-order valence-corrected chi connectivity index (χ3v) is 6.06. The number of hydrogen-bond acceptors (Lipinski definition) is 5. The molecule has 2 aromatic heterocycles. The fraction of sp³-hybridized carbons (Fsp3) is 0.138. The van der Waals surface area contributed by atoms with Crippen molar-refractivity contribution in [1.29, 1.82) is 0 Å². The van der Waals surface area contributed by atoms with Crippen molar-refractivity contribution >= 4 is 29.4 Å². The molecule has 2 amide bonds. The number of aromatic nitrogens is 2. The molecule has 0 aliphatic carbocycles. The fourth-order valence-electron chi connectivity index (χ4n) is 4.18. The van der Waals surface area contributed by atoms with E-state index in [1.54, 1.807) is 31.4 Å². The van der Waals surface area contributed by atoms with Crippen molar-refractivity contribution < 1.29 is 9.59 Å². The average molecular weight is 476 g/mol. The van der Waals surface area contributed by atoms with Gasteiger partial charge in [-0.15, -0.1) is 0 Å². The first-order valence-electron chi connectivity index (χ1n) is 11.6. The van der Waals surface area contributed by atoms with E-state index in [0.717, 1.165) is 33.6 Å². The Bertz CT molecular complexity index is 1460. The zero-order valence-corrected chi connectivity index (χ0v) is 20.1. The molecule has 5 rings (SSSR count). The molecule has 0 radical (unpaired) electrons. The smallest absolute Gasteiger partial charge is 0.256 e. The second-order valence-corrected chi connectivity index (χ2v) is 8.85. The molecular weight excluding hydrogens is 450 g/mol. The maximum absolute atomic E-state index is 12.9. The third kappa shape index (κ3) is 4.90. The zero-order valence-electron chi connectivity index (χ0n) is 20.1. The number of nitrogens with zero attached hydrogens (tertiary/aromatic N) is 4. The maximum atomic E-state index is 12.9. The van der Waals surface area contributed by atoms with Crippen LogP contribution >= 0.6 is 0 Å². The van der Waals surface area contributed by atoms with E-state index >= 15 is 0 Å².